The molecule has 3 atom stereocenters. The normalized spacial score (nSPS) is 22.3. The summed E-state index contributed by atoms with van der Waals surface area (Å²) < 4.78 is 14.7. The lowest BCUT2D eigenvalue weighted by atomic mass is 9.75. The van der Waals surface area contributed by atoms with Gasteiger partial charge in [0, 0.05) is 5.92 Å². The van der Waals surface area contributed by atoms with Crippen LogP contribution in [0.5, 0.6) is 0 Å². The Hall–Kier alpha value is -0.970. The first-order valence-corrected chi connectivity index (χ1v) is 11.0. The molecular weight excluding hydrogens is 345 g/mol. The summed E-state index contributed by atoms with van der Waals surface area (Å²) in [6.45, 7) is 4.41. The molecule has 0 radical (unpaired) electrons. The highest BCUT2D eigenvalue weighted by atomic mass is 32.1. The number of hydrogen-bond acceptors (Lipinski definition) is 2. The number of alkyl halides is 1. The molecule has 0 amide bonds. The van der Waals surface area contributed by atoms with E-state index in [2.05, 4.69) is 35.1 Å². The minimum Gasteiger partial charge on any atom is -0.243 e. The predicted octanol–water partition coefficient (Wildman–Crippen LogP) is 7.37. The van der Waals surface area contributed by atoms with Gasteiger partial charge < -0.3 is 0 Å². The van der Waals surface area contributed by atoms with Crippen LogP contribution in [0, 0.1) is 11.8 Å². The van der Waals surface area contributed by atoms with Crippen molar-refractivity contribution in [1.29, 1.82) is 0 Å². The van der Waals surface area contributed by atoms with E-state index in [1.165, 1.54) is 32.1 Å². The van der Waals surface area contributed by atoms with Crippen LogP contribution < -0.4 is 0 Å². The number of nitrogens with zero attached hydrogens (tertiary/aromatic N) is 3. The smallest absolute Gasteiger partial charge is 0.241 e. The molecule has 1 aliphatic carbocycles. The van der Waals surface area contributed by atoms with Gasteiger partial charge in [0.2, 0.25) is 5.11 Å². The number of amidine groups is 1. The first-order valence-electron chi connectivity index (χ1n) is 10.6. The molecule has 1 aliphatic heterocycles. The standard InChI is InChI=1S/C21H34FN3S/c1-3-5-6-7-8-9-14-18(20-23-21(26)25-24-20)16(12-4-2)17-13-10-11-15-19(17)22/h13,16,18-19H,3-12,14-15H2,1-2H3. The van der Waals surface area contributed by atoms with Gasteiger partial charge in [0.05, 0.1) is 0 Å². The minimum atomic E-state index is -0.807. The molecule has 0 aromatic carbocycles. The number of allylic oxidation sites excluding steroid dienone is 2. The second kappa shape index (κ2) is 11.7. The van der Waals surface area contributed by atoms with E-state index >= 15 is 0 Å². The highest BCUT2D eigenvalue weighted by molar-refractivity contribution is 7.80. The van der Waals surface area contributed by atoms with Crippen LogP contribution >= 0.6 is 12.2 Å². The highest BCUT2D eigenvalue weighted by Gasteiger charge is 2.34. The summed E-state index contributed by atoms with van der Waals surface area (Å²) in [5.74, 6) is 1.07. The van der Waals surface area contributed by atoms with Gasteiger partial charge in [-0.25, -0.2) is 4.39 Å². The van der Waals surface area contributed by atoms with Crippen molar-refractivity contribution in [2.45, 2.75) is 97.1 Å². The fourth-order valence-electron chi connectivity index (χ4n) is 4.20. The number of hydrogen-bond donors (Lipinski definition) is 0. The first kappa shape index (κ1) is 21.3. The van der Waals surface area contributed by atoms with E-state index < -0.39 is 6.17 Å². The molecule has 0 aromatic heterocycles. The van der Waals surface area contributed by atoms with Crippen LogP contribution in [0.3, 0.4) is 0 Å². The Labute approximate surface area is 163 Å². The Bertz CT molecular complexity index is 541. The Morgan fingerprint density at radius 3 is 2.46 bits per heavy atom. The van der Waals surface area contributed by atoms with Crippen LogP contribution in [0.2, 0.25) is 0 Å². The van der Waals surface area contributed by atoms with E-state index in [1.54, 1.807) is 0 Å². The van der Waals surface area contributed by atoms with Gasteiger partial charge in [-0.3, -0.25) is 0 Å². The largest absolute Gasteiger partial charge is 0.243 e. The third kappa shape index (κ3) is 6.33. The lowest BCUT2D eigenvalue weighted by molar-refractivity contribution is 0.283. The molecule has 0 saturated heterocycles. The van der Waals surface area contributed by atoms with Crippen molar-refractivity contribution in [3.63, 3.8) is 0 Å². The molecule has 1 heterocycles. The van der Waals surface area contributed by atoms with Crippen LogP contribution in [0.15, 0.2) is 26.9 Å². The van der Waals surface area contributed by atoms with Crippen molar-refractivity contribution in [2.75, 3.05) is 0 Å². The van der Waals surface area contributed by atoms with Crippen molar-refractivity contribution in [3.05, 3.63) is 11.6 Å². The van der Waals surface area contributed by atoms with Gasteiger partial charge in [-0.2, -0.15) is 4.99 Å². The summed E-state index contributed by atoms with van der Waals surface area (Å²) in [5.41, 5.74) is 0.991. The molecule has 2 aliphatic rings. The van der Waals surface area contributed by atoms with Gasteiger partial charge in [-0.15, -0.1) is 10.2 Å². The van der Waals surface area contributed by atoms with E-state index in [4.69, 9.17) is 12.2 Å². The molecule has 0 bridgehead atoms. The summed E-state index contributed by atoms with van der Waals surface area (Å²) in [6, 6.07) is 0. The van der Waals surface area contributed by atoms with Gasteiger partial charge >= 0.3 is 0 Å². The maximum absolute atomic E-state index is 14.7. The maximum Gasteiger partial charge on any atom is 0.241 e. The molecule has 0 N–H and O–H groups in total. The third-order valence-corrected chi connectivity index (χ3v) is 5.74. The van der Waals surface area contributed by atoms with Crippen LogP contribution in [-0.4, -0.2) is 17.1 Å². The van der Waals surface area contributed by atoms with Crippen LogP contribution in [0.1, 0.15) is 90.9 Å². The monoisotopic (exact) mass is 379 g/mol. The summed E-state index contributed by atoms with van der Waals surface area (Å²) in [5, 5.41) is 8.52. The number of halogens is 1. The second-order valence-corrected chi connectivity index (χ2v) is 7.98. The summed E-state index contributed by atoms with van der Waals surface area (Å²) in [6.07, 6.45) is 14.5. The zero-order valence-corrected chi connectivity index (χ0v) is 17.2. The topological polar surface area (TPSA) is 37.1 Å². The average Bonchev–Trinajstić information content (AvgIpc) is 3.06. The van der Waals surface area contributed by atoms with Gasteiger partial charge in [-0.1, -0.05) is 64.9 Å². The molecule has 0 spiro atoms. The Balaban J connectivity index is 2.09. The van der Waals surface area contributed by atoms with Gasteiger partial charge in [0.1, 0.15) is 6.17 Å². The number of unbranched alkanes of at least 4 members (excludes halogenated alkanes) is 5. The molecule has 146 valence electrons. The molecule has 0 aromatic rings. The molecule has 26 heavy (non-hydrogen) atoms. The number of rotatable bonds is 12. The van der Waals surface area contributed by atoms with E-state index in [0.29, 0.717) is 11.5 Å². The predicted molar refractivity (Wildman–Crippen MR) is 112 cm³/mol. The molecule has 0 saturated carbocycles. The van der Waals surface area contributed by atoms with E-state index in [-0.39, 0.29) is 11.8 Å². The van der Waals surface area contributed by atoms with Crippen molar-refractivity contribution in [3.8, 4) is 0 Å². The minimum absolute atomic E-state index is 0.146. The molecule has 3 unspecified atom stereocenters. The fourth-order valence-corrected chi connectivity index (χ4v) is 4.34. The van der Waals surface area contributed by atoms with Crippen molar-refractivity contribution >= 4 is 23.2 Å². The molecule has 5 heteroatoms. The van der Waals surface area contributed by atoms with Crippen molar-refractivity contribution < 1.29 is 4.39 Å². The van der Waals surface area contributed by atoms with Gasteiger partial charge in [-0.05, 0) is 55.8 Å². The lowest BCUT2D eigenvalue weighted by Gasteiger charge is -2.31. The summed E-state index contributed by atoms with van der Waals surface area (Å²) in [4.78, 5) is 4.41. The molecule has 2 rings (SSSR count). The molecular formula is C21H34FN3S. The maximum atomic E-state index is 14.7. The van der Waals surface area contributed by atoms with E-state index in [9.17, 15) is 4.39 Å². The highest BCUT2D eigenvalue weighted by Crippen LogP contribution is 2.38. The first-order chi connectivity index (χ1) is 12.7. The number of azo groups is 1. The summed E-state index contributed by atoms with van der Waals surface area (Å²) in [7, 11) is 0. The number of aliphatic imine (C=N–C) groups is 1. The molecule has 0 fully saturated rings. The summed E-state index contributed by atoms with van der Waals surface area (Å²) >= 11 is 5.09. The van der Waals surface area contributed by atoms with E-state index in [1.807, 2.05) is 0 Å². The van der Waals surface area contributed by atoms with Crippen LogP contribution in [-0.2, 0) is 0 Å². The SMILES string of the molecule is CCCCCCCCC(C1=NC(=S)N=N1)C(CCC)C1=CCCCC1F. The zero-order valence-electron chi connectivity index (χ0n) is 16.4. The van der Waals surface area contributed by atoms with Crippen LogP contribution in [0.25, 0.3) is 0 Å². The Morgan fingerprint density at radius 1 is 1.04 bits per heavy atom. The lowest BCUT2D eigenvalue weighted by Crippen LogP contribution is -2.29. The Morgan fingerprint density at radius 2 is 1.81 bits per heavy atom. The van der Waals surface area contributed by atoms with Crippen LogP contribution in [0.4, 0.5) is 4.39 Å². The van der Waals surface area contributed by atoms with Gasteiger partial charge in [0.25, 0.3) is 0 Å². The number of thiocarbonyl (C=S) groups is 1. The van der Waals surface area contributed by atoms with Crippen molar-refractivity contribution in [1.82, 2.24) is 0 Å². The Kier molecular flexibility index (Phi) is 9.58. The van der Waals surface area contributed by atoms with Gasteiger partial charge in [0.15, 0.2) is 5.84 Å². The molecule has 3 nitrogen and oxygen atoms in total. The zero-order chi connectivity index (χ0) is 18.8. The van der Waals surface area contributed by atoms with E-state index in [0.717, 1.165) is 49.9 Å². The van der Waals surface area contributed by atoms with Crippen molar-refractivity contribution in [2.24, 2.45) is 27.1 Å². The quantitative estimate of drug-likeness (QED) is 0.198. The second-order valence-electron chi connectivity index (χ2n) is 7.61. The third-order valence-electron chi connectivity index (χ3n) is 5.57. The fraction of sp³-hybridized carbons (Fsp3) is 0.810. The average molecular weight is 380 g/mol.